The lowest BCUT2D eigenvalue weighted by Gasteiger charge is -2.21. The summed E-state index contributed by atoms with van der Waals surface area (Å²) in [5, 5.41) is 5.49. The Morgan fingerprint density at radius 3 is 2.56 bits per heavy atom. The number of benzene rings is 1. The Morgan fingerprint density at radius 1 is 1.16 bits per heavy atom. The highest BCUT2D eigenvalue weighted by atomic mass is 16.2. The van der Waals surface area contributed by atoms with Gasteiger partial charge in [0.1, 0.15) is 12.1 Å². The number of hydrogen-bond donors (Lipinski definition) is 2. The van der Waals surface area contributed by atoms with Gasteiger partial charge >= 0.3 is 6.03 Å². The van der Waals surface area contributed by atoms with E-state index in [4.69, 9.17) is 0 Å². The molecule has 0 radical (unpaired) electrons. The Kier molecular flexibility index (Phi) is 6.56. The fraction of sp³-hybridized carbons (Fsp3) is 0.526. The van der Waals surface area contributed by atoms with Crippen molar-refractivity contribution in [3.05, 3.63) is 35.9 Å². The fourth-order valence-electron chi connectivity index (χ4n) is 2.96. The molecule has 6 heteroatoms. The van der Waals surface area contributed by atoms with Gasteiger partial charge in [-0.05, 0) is 18.9 Å². The van der Waals surface area contributed by atoms with Crippen LogP contribution in [0.1, 0.15) is 51.5 Å². The average molecular weight is 345 g/mol. The molecule has 2 rings (SSSR count). The van der Waals surface area contributed by atoms with Crippen molar-refractivity contribution < 1.29 is 14.4 Å². The van der Waals surface area contributed by atoms with Gasteiger partial charge in [-0.3, -0.25) is 14.5 Å². The minimum atomic E-state index is -0.898. The Morgan fingerprint density at radius 2 is 1.88 bits per heavy atom. The first-order chi connectivity index (χ1) is 12.0. The van der Waals surface area contributed by atoms with Crippen LogP contribution in [-0.4, -0.2) is 34.8 Å². The van der Waals surface area contributed by atoms with Gasteiger partial charge in [0.05, 0.1) is 0 Å². The maximum Gasteiger partial charge on any atom is 0.325 e. The van der Waals surface area contributed by atoms with Crippen molar-refractivity contribution in [2.24, 2.45) is 0 Å². The molecule has 0 spiro atoms. The van der Waals surface area contributed by atoms with Gasteiger partial charge in [-0.1, -0.05) is 62.9 Å². The number of nitrogens with one attached hydrogen (secondary N) is 2. The normalized spacial score (nSPS) is 19.8. The Bertz CT molecular complexity index is 618. The van der Waals surface area contributed by atoms with Crippen molar-refractivity contribution >= 4 is 17.8 Å². The summed E-state index contributed by atoms with van der Waals surface area (Å²) < 4.78 is 0. The maximum absolute atomic E-state index is 12.6. The number of carbonyl (C=O) groups is 3. The minimum Gasteiger partial charge on any atom is -0.350 e. The van der Waals surface area contributed by atoms with Crippen molar-refractivity contribution in [1.82, 2.24) is 15.5 Å². The number of nitrogens with zero attached hydrogens (tertiary/aromatic N) is 1. The summed E-state index contributed by atoms with van der Waals surface area (Å²) in [4.78, 5) is 37.8. The smallest absolute Gasteiger partial charge is 0.325 e. The third kappa shape index (κ3) is 5.05. The minimum absolute atomic E-state index is 0.248. The quantitative estimate of drug-likeness (QED) is 0.533. The molecule has 0 aliphatic carbocycles. The van der Waals surface area contributed by atoms with Crippen LogP contribution in [0.3, 0.4) is 0 Å². The first kappa shape index (κ1) is 19.0. The average Bonchev–Trinajstić information content (AvgIpc) is 2.81. The van der Waals surface area contributed by atoms with E-state index in [9.17, 15) is 14.4 Å². The standard InChI is InChI=1S/C19H27N3O3/c1-3-4-5-9-12-19(2)17(24)22(18(25)21-19)14-16(23)20-13-15-10-7-6-8-11-15/h6-8,10-11H,3-5,9,12-14H2,1-2H3,(H,20,23)(H,21,25). The molecule has 1 aromatic rings. The number of imide groups is 1. The van der Waals surface area contributed by atoms with Gasteiger partial charge in [0.25, 0.3) is 5.91 Å². The number of amides is 4. The van der Waals surface area contributed by atoms with Gasteiger partial charge in [0, 0.05) is 6.54 Å². The molecule has 1 atom stereocenters. The zero-order valence-corrected chi connectivity index (χ0v) is 15.0. The summed E-state index contributed by atoms with van der Waals surface area (Å²) in [7, 11) is 0. The van der Waals surface area contributed by atoms with Crippen LogP contribution in [-0.2, 0) is 16.1 Å². The van der Waals surface area contributed by atoms with Crippen LogP contribution in [0.5, 0.6) is 0 Å². The highest BCUT2D eigenvalue weighted by Crippen LogP contribution is 2.23. The molecule has 6 nitrogen and oxygen atoms in total. The molecule has 1 aromatic carbocycles. The van der Waals surface area contributed by atoms with Crippen LogP contribution >= 0.6 is 0 Å². The van der Waals surface area contributed by atoms with E-state index >= 15 is 0 Å². The highest BCUT2D eigenvalue weighted by molar-refractivity contribution is 6.08. The van der Waals surface area contributed by atoms with Crippen molar-refractivity contribution in [3.63, 3.8) is 0 Å². The summed E-state index contributed by atoms with van der Waals surface area (Å²) in [6.45, 7) is 3.99. The molecular formula is C19H27N3O3. The summed E-state index contributed by atoms with van der Waals surface area (Å²) in [5.74, 6) is -0.661. The molecule has 1 aliphatic heterocycles. The Hall–Kier alpha value is -2.37. The molecule has 0 bridgehead atoms. The van der Waals surface area contributed by atoms with E-state index in [1.54, 1.807) is 6.92 Å². The SMILES string of the molecule is CCCCCCC1(C)NC(=O)N(CC(=O)NCc2ccccc2)C1=O. The van der Waals surface area contributed by atoms with E-state index < -0.39 is 11.6 Å². The predicted molar refractivity (Wildman–Crippen MR) is 95.7 cm³/mol. The van der Waals surface area contributed by atoms with Crippen LogP contribution < -0.4 is 10.6 Å². The molecule has 1 saturated heterocycles. The van der Waals surface area contributed by atoms with Crippen molar-refractivity contribution in [2.45, 2.75) is 58.0 Å². The molecule has 2 N–H and O–H groups in total. The largest absolute Gasteiger partial charge is 0.350 e. The first-order valence-corrected chi connectivity index (χ1v) is 8.91. The number of rotatable bonds is 9. The second-order valence-electron chi connectivity index (χ2n) is 6.73. The number of carbonyl (C=O) groups excluding carboxylic acids is 3. The van der Waals surface area contributed by atoms with E-state index in [1.807, 2.05) is 30.3 Å². The highest BCUT2D eigenvalue weighted by Gasteiger charge is 2.47. The van der Waals surface area contributed by atoms with Crippen molar-refractivity contribution in [1.29, 1.82) is 0 Å². The summed E-state index contributed by atoms with van der Waals surface area (Å²) in [6, 6.07) is 9.01. The lowest BCUT2D eigenvalue weighted by atomic mass is 9.94. The van der Waals surface area contributed by atoms with E-state index in [1.165, 1.54) is 0 Å². The van der Waals surface area contributed by atoms with Gasteiger partial charge in [-0.25, -0.2) is 4.79 Å². The molecule has 25 heavy (non-hydrogen) atoms. The number of hydrogen-bond acceptors (Lipinski definition) is 3. The molecule has 0 saturated carbocycles. The van der Waals surface area contributed by atoms with Gasteiger partial charge in [-0.2, -0.15) is 0 Å². The monoisotopic (exact) mass is 345 g/mol. The summed E-state index contributed by atoms with van der Waals surface area (Å²) in [5.41, 5.74) is 0.0682. The van der Waals surface area contributed by atoms with E-state index in [-0.39, 0.29) is 18.4 Å². The zero-order valence-electron chi connectivity index (χ0n) is 15.0. The van der Waals surface area contributed by atoms with Crippen LogP contribution in [0.2, 0.25) is 0 Å². The van der Waals surface area contributed by atoms with Crippen LogP contribution in [0.15, 0.2) is 30.3 Å². The fourth-order valence-corrected chi connectivity index (χ4v) is 2.96. The lowest BCUT2D eigenvalue weighted by molar-refractivity contribution is -0.134. The van der Waals surface area contributed by atoms with Crippen molar-refractivity contribution in [3.8, 4) is 0 Å². The van der Waals surface area contributed by atoms with Crippen LogP contribution in [0.4, 0.5) is 4.79 Å². The number of unbranched alkanes of at least 4 members (excludes halogenated alkanes) is 3. The zero-order chi connectivity index (χ0) is 18.3. The maximum atomic E-state index is 12.6. The molecule has 1 aliphatic rings. The number of urea groups is 1. The predicted octanol–water partition coefficient (Wildman–Crippen LogP) is 2.58. The van der Waals surface area contributed by atoms with Gasteiger partial charge in [0.2, 0.25) is 5.91 Å². The van der Waals surface area contributed by atoms with Gasteiger partial charge in [0.15, 0.2) is 0 Å². The van der Waals surface area contributed by atoms with E-state index in [2.05, 4.69) is 17.6 Å². The molecule has 1 heterocycles. The topological polar surface area (TPSA) is 78.5 Å². The Labute approximate surface area is 149 Å². The van der Waals surface area contributed by atoms with Crippen LogP contribution in [0, 0.1) is 0 Å². The molecular weight excluding hydrogens is 318 g/mol. The molecule has 1 fully saturated rings. The lowest BCUT2D eigenvalue weighted by Crippen LogP contribution is -2.45. The molecule has 1 unspecified atom stereocenters. The second-order valence-corrected chi connectivity index (χ2v) is 6.73. The first-order valence-electron chi connectivity index (χ1n) is 8.91. The Balaban J connectivity index is 1.85. The summed E-state index contributed by atoms with van der Waals surface area (Å²) >= 11 is 0. The van der Waals surface area contributed by atoms with Crippen molar-refractivity contribution in [2.75, 3.05) is 6.54 Å². The molecule has 136 valence electrons. The van der Waals surface area contributed by atoms with E-state index in [0.29, 0.717) is 13.0 Å². The van der Waals surface area contributed by atoms with Crippen LogP contribution in [0.25, 0.3) is 0 Å². The summed E-state index contributed by atoms with van der Waals surface area (Å²) in [6.07, 6.45) is 4.74. The van der Waals surface area contributed by atoms with Gasteiger partial charge in [-0.15, -0.1) is 0 Å². The third-order valence-corrected chi connectivity index (χ3v) is 4.51. The molecule has 4 amide bonds. The second kappa shape index (κ2) is 8.65. The third-order valence-electron chi connectivity index (χ3n) is 4.51. The van der Waals surface area contributed by atoms with Gasteiger partial charge < -0.3 is 10.6 Å². The molecule has 0 aromatic heterocycles. The van der Waals surface area contributed by atoms with E-state index in [0.717, 1.165) is 36.1 Å².